The number of ether oxygens (including phenoxy) is 1. The number of aromatic amines is 1. The molecular weight excluding hydrogens is 398 g/mol. The van der Waals surface area contributed by atoms with E-state index in [-0.39, 0.29) is 0 Å². The number of aliphatic hydroxyl groups excluding tert-OH is 1. The van der Waals surface area contributed by atoms with Gasteiger partial charge >= 0.3 is 0 Å². The second kappa shape index (κ2) is 14.9. The zero-order valence-corrected chi connectivity index (χ0v) is 20.5. The highest BCUT2D eigenvalue weighted by molar-refractivity contribution is 6.02. The summed E-state index contributed by atoms with van der Waals surface area (Å²) in [5.74, 6) is 0.364. The SMILES string of the molecule is CC.CC.CC(O)=C1C=CC(=[N+]2CCOCC2)C=C1.Cc1[nH]c2ccccc2c1/C=C/N. The van der Waals surface area contributed by atoms with E-state index in [4.69, 9.17) is 10.5 Å². The summed E-state index contributed by atoms with van der Waals surface area (Å²) in [7, 11) is 0. The van der Waals surface area contributed by atoms with Crippen molar-refractivity contribution in [2.24, 2.45) is 5.73 Å². The van der Waals surface area contributed by atoms with Crippen LogP contribution in [0.3, 0.4) is 0 Å². The number of aryl methyl sites for hydroxylation is 1. The van der Waals surface area contributed by atoms with Gasteiger partial charge in [-0.1, -0.05) is 45.9 Å². The van der Waals surface area contributed by atoms with Crippen LogP contribution in [0.5, 0.6) is 0 Å². The molecule has 4 rings (SSSR count). The number of nitrogens with zero attached hydrogens (tertiary/aromatic N) is 1. The van der Waals surface area contributed by atoms with Gasteiger partial charge in [0.1, 0.15) is 13.2 Å². The molecule has 0 saturated carbocycles. The topological polar surface area (TPSA) is 74.3 Å². The van der Waals surface area contributed by atoms with Gasteiger partial charge in [0.15, 0.2) is 18.8 Å². The second-order valence-corrected chi connectivity index (χ2v) is 6.80. The van der Waals surface area contributed by atoms with E-state index in [1.54, 1.807) is 13.1 Å². The van der Waals surface area contributed by atoms with Gasteiger partial charge in [-0.3, -0.25) is 0 Å². The fourth-order valence-corrected chi connectivity index (χ4v) is 3.34. The third kappa shape index (κ3) is 7.57. The number of morpholine rings is 1. The number of aromatic nitrogens is 1. The fraction of sp³-hybridized carbons (Fsp3) is 0.370. The summed E-state index contributed by atoms with van der Waals surface area (Å²) in [5.41, 5.74) is 11.0. The smallest absolute Gasteiger partial charge is 0.200 e. The lowest BCUT2D eigenvalue weighted by Gasteiger charge is -2.13. The lowest BCUT2D eigenvalue weighted by Crippen LogP contribution is -2.32. The van der Waals surface area contributed by atoms with Crippen molar-refractivity contribution in [3.05, 3.63) is 77.4 Å². The van der Waals surface area contributed by atoms with E-state index in [0.29, 0.717) is 5.76 Å². The van der Waals surface area contributed by atoms with Gasteiger partial charge in [-0.05, 0) is 44.3 Å². The lowest BCUT2D eigenvalue weighted by molar-refractivity contribution is -0.547. The summed E-state index contributed by atoms with van der Waals surface area (Å²) in [5, 5.41) is 10.5. The maximum absolute atomic E-state index is 9.31. The third-order valence-electron chi connectivity index (χ3n) is 4.87. The third-order valence-corrected chi connectivity index (χ3v) is 4.87. The molecule has 0 radical (unpaired) electrons. The van der Waals surface area contributed by atoms with Crippen LogP contribution in [-0.4, -0.2) is 46.7 Å². The summed E-state index contributed by atoms with van der Waals surface area (Å²) in [6, 6.07) is 8.21. The van der Waals surface area contributed by atoms with Crippen LogP contribution in [0, 0.1) is 6.92 Å². The molecule has 2 heterocycles. The molecule has 0 atom stereocenters. The van der Waals surface area contributed by atoms with Crippen molar-refractivity contribution in [1.29, 1.82) is 0 Å². The van der Waals surface area contributed by atoms with Gasteiger partial charge in [0.05, 0.1) is 5.76 Å². The Kier molecular flexibility index (Phi) is 12.5. The van der Waals surface area contributed by atoms with Gasteiger partial charge in [0.2, 0.25) is 0 Å². The number of fused-ring (bicyclic) bond motifs is 1. The van der Waals surface area contributed by atoms with Crippen molar-refractivity contribution < 1.29 is 14.4 Å². The van der Waals surface area contributed by atoms with Crippen molar-refractivity contribution >= 4 is 22.7 Å². The second-order valence-electron chi connectivity index (χ2n) is 6.80. The van der Waals surface area contributed by atoms with Gasteiger partial charge in [-0.25, -0.2) is 4.58 Å². The van der Waals surface area contributed by atoms with Crippen molar-refractivity contribution in [3.8, 4) is 0 Å². The van der Waals surface area contributed by atoms with Crippen LogP contribution in [0.1, 0.15) is 45.9 Å². The van der Waals surface area contributed by atoms with E-state index >= 15 is 0 Å². The molecule has 32 heavy (non-hydrogen) atoms. The van der Waals surface area contributed by atoms with Crippen LogP contribution in [0.15, 0.2) is 66.1 Å². The number of nitrogens with one attached hydrogen (secondary N) is 1. The van der Waals surface area contributed by atoms with E-state index in [9.17, 15) is 5.11 Å². The number of H-pyrrole nitrogens is 1. The van der Waals surface area contributed by atoms with E-state index < -0.39 is 0 Å². The van der Waals surface area contributed by atoms with E-state index in [2.05, 4.69) is 28.6 Å². The summed E-state index contributed by atoms with van der Waals surface area (Å²) in [6.07, 6.45) is 11.5. The number of benzene rings is 1. The molecule has 2 aromatic rings. The Balaban J connectivity index is 0.000000279. The minimum Gasteiger partial charge on any atom is -0.512 e. The summed E-state index contributed by atoms with van der Waals surface area (Å²) >= 11 is 0. The molecule has 1 saturated heterocycles. The predicted molar refractivity (Wildman–Crippen MR) is 138 cm³/mol. The van der Waals surface area contributed by atoms with Crippen molar-refractivity contribution in [2.75, 3.05) is 26.3 Å². The zero-order valence-electron chi connectivity index (χ0n) is 20.5. The lowest BCUT2D eigenvalue weighted by atomic mass is 10.1. The molecule has 1 aliphatic carbocycles. The monoisotopic (exact) mass is 438 g/mol. The first-order valence-corrected chi connectivity index (χ1v) is 11.5. The Labute approximate surface area is 193 Å². The normalized spacial score (nSPS) is 14.9. The molecule has 1 fully saturated rings. The molecule has 1 aromatic heterocycles. The van der Waals surface area contributed by atoms with Crippen LogP contribution < -0.4 is 5.73 Å². The molecule has 0 amide bonds. The minimum atomic E-state index is 0.364. The van der Waals surface area contributed by atoms with Gasteiger partial charge in [0, 0.05) is 39.9 Å². The quantitative estimate of drug-likeness (QED) is 0.384. The standard InChI is InChI=1S/C12H15NO2.C11H12N2.2C2H6/c1-10(14)11-2-4-12(5-3-11)13-6-8-15-9-7-13;1-8-9(6-7-12)10-4-2-3-5-11(10)13-8;2*1-2/h2-5H,6-9H2,1H3;2-7,13H,12H2,1H3;2*1-2H3/p+1/b;7-6+;;. The maximum atomic E-state index is 9.31. The van der Waals surface area contributed by atoms with Crippen molar-refractivity contribution in [2.45, 2.75) is 41.5 Å². The van der Waals surface area contributed by atoms with Gasteiger partial charge in [-0.15, -0.1) is 0 Å². The van der Waals surface area contributed by atoms with Gasteiger partial charge in [0.25, 0.3) is 0 Å². The first-order chi connectivity index (χ1) is 15.6. The Bertz CT molecular complexity index is 961. The van der Waals surface area contributed by atoms with Crippen LogP contribution in [0.25, 0.3) is 17.0 Å². The molecule has 0 bridgehead atoms. The molecular formula is C27H40N3O2+. The molecule has 4 N–H and O–H groups in total. The van der Waals surface area contributed by atoms with Crippen molar-refractivity contribution in [3.63, 3.8) is 0 Å². The van der Waals surface area contributed by atoms with E-state index in [1.807, 2.05) is 70.2 Å². The number of hydrogen-bond donors (Lipinski definition) is 3. The average molecular weight is 439 g/mol. The minimum absolute atomic E-state index is 0.364. The largest absolute Gasteiger partial charge is 0.512 e. The zero-order chi connectivity index (χ0) is 23.9. The first kappa shape index (κ1) is 27.0. The van der Waals surface area contributed by atoms with Crippen LogP contribution in [-0.2, 0) is 4.74 Å². The maximum Gasteiger partial charge on any atom is 0.200 e. The van der Waals surface area contributed by atoms with Crippen LogP contribution >= 0.6 is 0 Å². The van der Waals surface area contributed by atoms with Crippen molar-refractivity contribution in [1.82, 2.24) is 4.98 Å². The highest BCUT2D eigenvalue weighted by atomic mass is 16.5. The highest BCUT2D eigenvalue weighted by Crippen LogP contribution is 2.22. The molecule has 5 nitrogen and oxygen atoms in total. The number of rotatable bonds is 1. The number of allylic oxidation sites excluding steroid dienone is 6. The number of aliphatic hydroxyl groups is 1. The molecule has 0 spiro atoms. The highest BCUT2D eigenvalue weighted by Gasteiger charge is 2.16. The fourth-order valence-electron chi connectivity index (χ4n) is 3.34. The van der Waals surface area contributed by atoms with Gasteiger partial charge < -0.3 is 20.6 Å². The molecule has 0 unspecified atom stereocenters. The Morgan fingerprint density at radius 3 is 2.19 bits per heavy atom. The number of nitrogens with two attached hydrogens (primary N) is 1. The molecule has 1 aliphatic heterocycles. The van der Waals surface area contributed by atoms with E-state index in [0.717, 1.165) is 43.1 Å². The Morgan fingerprint density at radius 2 is 1.62 bits per heavy atom. The Morgan fingerprint density at radius 1 is 1.03 bits per heavy atom. The van der Waals surface area contributed by atoms with Crippen LogP contribution in [0.2, 0.25) is 0 Å². The summed E-state index contributed by atoms with van der Waals surface area (Å²) in [6.45, 7) is 15.2. The van der Waals surface area contributed by atoms with Crippen LogP contribution in [0.4, 0.5) is 0 Å². The molecule has 1 aromatic carbocycles. The van der Waals surface area contributed by atoms with E-state index in [1.165, 1.54) is 16.7 Å². The predicted octanol–water partition coefficient (Wildman–Crippen LogP) is 5.89. The molecule has 5 heteroatoms. The average Bonchev–Trinajstić information content (AvgIpc) is 3.18. The number of hydrogen-bond acceptors (Lipinski definition) is 3. The summed E-state index contributed by atoms with van der Waals surface area (Å²) in [4.78, 5) is 3.31. The first-order valence-electron chi connectivity index (χ1n) is 11.5. The number of para-hydroxylation sites is 1. The Hall–Kier alpha value is -3.05. The van der Waals surface area contributed by atoms with Gasteiger partial charge in [-0.2, -0.15) is 0 Å². The molecule has 174 valence electrons. The summed E-state index contributed by atoms with van der Waals surface area (Å²) < 4.78 is 7.59. The molecule has 2 aliphatic rings.